The molecule has 0 radical (unpaired) electrons. The van der Waals surface area contributed by atoms with E-state index in [1.807, 2.05) is 0 Å². The molecule has 3 heteroatoms. The molecule has 0 aromatic carbocycles. The average molecular weight is 252 g/mol. The lowest BCUT2D eigenvalue weighted by Crippen LogP contribution is -2.09. The van der Waals surface area contributed by atoms with Gasteiger partial charge in [-0.2, -0.15) is 0 Å². The molecule has 1 heterocycles. The van der Waals surface area contributed by atoms with Gasteiger partial charge in [-0.15, -0.1) is 11.6 Å². The lowest BCUT2D eigenvalue weighted by molar-refractivity contribution is 0.355. The summed E-state index contributed by atoms with van der Waals surface area (Å²) < 4.78 is 5.58. The van der Waals surface area contributed by atoms with Crippen molar-refractivity contribution < 1.29 is 4.52 Å². The monoisotopic (exact) mass is 251 g/mol. The summed E-state index contributed by atoms with van der Waals surface area (Å²) in [6.07, 6.45) is 7.98. The van der Waals surface area contributed by atoms with Crippen molar-refractivity contribution in [2.75, 3.05) is 0 Å². The molecule has 3 aliphatic carbocycles. The maximum Gasteiger partial charge on any atom is 0.144 e. The molecule has 3 atom stereocenters. The topological polar surface area (TPSA) is 26.0 Å². The minimum atomic E-state index is 0.579. The van der Waals surface area contributed by atoms with Crippen LogP contribution in [-0.2, 0) is 5.88 Å². The summed E-state index contributed by atoms with van der Waals surface area (Å²) in [4.78, 5) is 0. The SMILES string of the molecule is ClCc1c(C2CC[C@H]3CC3C2)noc1C1CC1. The summed E-state index contributed by atoms with van der Waals surface area (Å²) >= 11 is 6.12. The fourth-order valence-electron chi connectivity index (χ4n) is 3.56. The van der Waals surface area contributed by atoms with Gasteiger partial charge in [-0.25, -0.2) is 0 Å². The van der Waals surface area contributed by atoms with Gasteiger partial charge in [0.25, 0.3) is 0 Å². The molecule has 3 aliphatic rings. The van der Waals surface area contributed by atoms with Crippen LogP contribution >= 0.6 is 11.6 Å². The summed E-state index contributed by atoms with van der Waals surface area (Å²) in [6.45, 7) is 0. The molecule has 4 rings (SSSR count). The molecule has 0 N–H and O–H groups in total. The van der Waals surface area contributed by atoms with Gasteiger partial charge in [0, 0.05) is 17.4 Å². The second-order valence-corrected chi connectivity index (χ2v) is 6.35. The van der Waals surface area contributed by atoms with Crippen LogP contribution in [0.4, 0.5) is 0 Å². The summed E-state index contributed by atoms with van der Waals surface area (Å²) in [5.41, 5.74) is 2.44. The third-order valence-corrected chi connectivity index (χ3v) is 5.13. The second-order valence-electron chi connectivity index (χ2n) is 6.08. The third kappa shape index (κ3) is 1.72. The van der Waals surface area contributed by atoms with E-state index < -0.39 is 0 Å². The zero-order valence-corrected chi connectivity index (χ0v) is 10.7. The van der Waals surface area contributed by atoms with E-state index >= 15 is 0 Å². The van der Waals surface area contributed by atoms with Gasteiger partial charge in [-0.3, -0.25) is 0 Å². The highest BCUT2D eigenvalue weighted by molar-refractivity contribution is 6.17. The van der Waals surface area contributed by atoms with E-state index in [0.717, 1.165) is 17.6 Å². The van der Waals surface area contributed by atoms with Gasteiger partial charge in [0.15, 0.2) is 0 Å². The van der Waals surface area contributed by atoms with Gasteiger partial charge in [-0.1, -0.05) is 5.16 Å². The van der Waals surface area contributed by atoms with E-state index in [1.165, 1.54) is 49.8 Å². The second kappa shape index (κ2) is 3.74. The van der Waals surface area contributed by atoms with Crippen molar-refractivity contribution in [2.45, 2.75) is 56.2 Å². The number of hydrogen-bond donors (Lipinski definition) is 0. The third-order valence-electron chi connectivity index (χ3n) is 4.86. The maximum absolute atomic E-state index is 6.12. The fraction of sp³-hybridized carbons (Fsp3) is 0.786. The van der Waals surface area contributed by atoms with Gasteiger partial charge in [0.05, 0.1) is 11.6 Å². The summed E-state index contributed by atoms with van der Waals surface area (Å²) in [7, 11) is 0. The highest BCUT2D eigenvalue weighted by Crippen LogP contribution is 2.54. The number of aromatic nitrogens is 1. The molecule has 0 aliphatic heterocycles. The van der Waals surface area contributed by atoms with Crippen molar-refractivity contribution >= 4 is 11.6 Å². The lowest BCUT2D eigenvalue weighted by Gasteiger charge is -2.19. The van der Waals surface area contributed by atoms with Crippen molar-refractivity contribution in [2.24, 2.45) is 11.8 Å². The van der Waals surface area contributed by atoms with Gasteiger partial charge in [-0.05, 0) is 50.4 Å². The Labute approximate surface area is 107 Å². The number of hydrogen-bond acceptors (Lipinski definition) is 2. The molecule has 2 unspecified atom stereocenters. The Morgan fingerprint density at radius 3 is 2.59 bits per heavy atom. The Kier molecular flexibility index (Phi) is 2.30. The number of nitrogens with zero attached hydrogens (tertiary/aromatic N) is 1. The van der Waals surface area contributed by atoms with Crippen LogP contribution in [0.15, 0.2) is 4.52 Å². The van der Waals surface area contributed by atoms with E-state index in [2.05, 4.69) is 5.16 Å². The normalized spacial score (nSPS) is 35.7. The molecule has 1 aromatic heterocycles. The number of rotatable bonds is 3. The van der Waals surface area contributed by atoms with Crippen LogP contribution in [0.3, 0.4) is 0 Å². The molecule has 3 fully saturated rings. The van der Waals surface area contributed by atoms with Crippen LogP contribution in [0.1, 0.15) is 67.4 Å². The minimum Gasteiger partial charge on any atom is -0.360 e. The van der Waals surface area contributed by atoms with Crippen LogP contribution in [0.25, 0.3) is 0 Å². The fourth-order valence-corrected chi connectivity index (χ4v) is 3.82. The van der Waals surface area contributed by atoms with E-state index in [0.29, 0.717) is 17.7 Å². The van der Waals surface area contributed by atoms with Crippen LogP contribution in [0.5, 0.6) is 0 Å². The van der Waals surface area contributed by atoms with Crippen molar-refractivity contribution in [3.05, 3.63) is 17.0 Å². The minimum absolute atomic E-state index is 0.579. The largest absolute Gasteiger partial charge is 0.360 e. The van der Waals surface area contributed by atoms with E-state index in [1.54, 1.807) is 0 Å². The van der Waals surface area contributed by atoms with Crippen LogP contribution < -0.4 is 0 Å². The molecule has 0 amide bonds. The predicted molar refractivity (Wildman–Crippen MR) is 66.2 cm³/mol. The first-order valence-electron chi connectivity index (χ1n) is 6.91. The van der Waals surface area contributed by atoms with Crippen LogP contribution in [0.2, 0.25) is 0 Å². The van der Waals surface area contributed by atoms with Gasteiger partial charge in [0.2, 0.25) is 0 Å². The molecular weight excluding hydrogens is 234 g/mol. The number of fused-ring (bicyclic) bond motifs is 1. The van der Waals surface area contributed by atoms with Crippen molar-refractivity contribution in [1.82, 2.24) is 5.16 Å². The van der Waals surface area contributed by atoms with Crippen molar-refractivity contribution in [3.63, 3.8) is 0 Å². The average Bonchev–Trinajstić information content (AvgIpc) is 3.25. The summed E-state index contributed by atoms with van der Waals surface area (Å²) in [5, 5.41) is 4.37. The molecule has 92 valence electrons. The van der Waals surface area contributed by atoms with E-state index in [9.17, 15) is 0 Å². The number of halogens is 1. The molecule has 3 saturated carbocycles. The Hall–Kier alpha value is -0.500. The Morgan fingerprint density at radius 2 is 1.88 bits per heavy atom. The van der Waals surface area contributed by atoms with E-state index in [-0.39, 0.29) is 0 Å². The predicted octanol–water partition coefficient (Wildman–Crippen LogP) is 4.19. The first-order valence-corrected chi connectivity index (χ1v) is 7.44. The van der Waals surface area contributed by atoms with E-state index in [4.69, 9.17) is 16.1 Å². The Bertz CT molecular complexity index is 437. The molecular formula is C14H18ClNO. The molecule has 17 heavy (non-hydrogen) atoms. The Morgan fingerprint density at radius 1 is 1.06 bits per heavy atom. The molecule has 2 nitrogen and oxygen atoms in total. The number of alkyl halides is 1. The quantitative estimate of drug-likeness (QED) is 0.753. The van der Waals surface area contributed by atoms with Crippen molar-refractivity contribution in [3.8, 4) is 0 Å². The molecule has 0 saturated heterocycles. The smallest absolute Gasteiger partial charge is 0.144 e. The van der Waals surface area contributed by atoms with Crippen molar-refractivity contribution in [1.29, 1.82) is 0 Å². The first kappa shape index (κ1) is 10.4. The first-order chi connectivity index (χ1) is 8.36. The molecule has 1 aromatic rings. The highest BCUT2D eigenvalue weighted by atomic mass is 35.5. The van der Waals surface area contributed by atoms with Gasteiger partial charge >= 0.3 is 0 Å². The van der Waals surface area contributed by atoms with Crippen LogP contribution in [0, 0.1) is 11.8 Å². The van der Waals surface area contributed by atoms with Gasteiger partial charge < -0.3 is 4.52 Å². The standard InChI is InChI=1S/C14H18ClNO/c15-7-12-13(16-17-14(12)8-1-2-8)10-4-3-9-5-11(9)6-10/h8-11H,1-7H2/t9-,10?,11?/m0/s1. The van der Waals surface area contributed by atoms with Crippen LogP contribution in [-0.4, -0.2) is 5.16 Å². The zero-order valence-electron chi connectivity index (χ0n) is 9.99. The summed E-state index contributed by atoms with van der Waals surface area (Å²) in [6, 6.07) is 0. The maximum atomic E-state index is 6.12. The van der Waals surface area contributed by atoms with Gasteiger partial charge in [0.1, 0.15) is 5.76 Å². The highest BCUT2D eigenvalue weighted by Gasteiger charge is 2.44. The lowest BCUT2D eigenvalue weighted by atomic mass is 9.85. The zero-order chi connectivity index (χ0) is 11.4. The molecule has 0 spiro atoms. The summed E-state index contributed by atoms with van der Waals surface area (Å²) in [5.74, 6) is 4.97. The molecule has 0 bridgehead atoms. The Balaban J connectivity index is 1.63.